The summed E-state index contributed by atoms with van der Waals surface area (Å²) < 4.78 is 1.25. The highest BCUT2D eigenvalue weighted by molar-refractivity contribution is 4.76. The van der Waals surface area contributed by atoms with Crippen LogP contribution in [-0.2, 0) is 0 Å². The van der Waals surface area contributed by atoms with Crippen molar-refractivity contribution in [3.05, 3.63) is 0 Å². The summed E-state index contributed by atoms with van der Waals surface area (Å²) in [5, 5.41) is 0. The first kappa shape index (κ1) is 18.6. The van der Waals surface area contributed by atoms with Crippen molar-refractivity contribution in [2.45, 2.75) is 47.5 Å². The van der Waals surface area contributed by atoms with Gasteiger partial charge in [-0.3, -0.25) is 0 Å². The highest BCUT2D eigenvalue weighted by Gasteiger charge is 2.38. The summed E-state index contributed by atoms with van der Waals surface area (Å²) in [6.45, 7) is 9.89. The van der Waals surface area contributed by atoms with Gasteiger partial charge in [0.15, 0.2) is 0 Å². The van der Waals surface area contributed by atoms with Gasteiger partial charge in [0.2, 0.25) is 0 Å². The second-order valence-corrected chi connectivity index (χ2v) is 5.98. The maximum atomic E-state index is 2.41. The zero-order valence-corrected chi connectivity index (χ0v) is 11.8. The lowest BCUT2D eigenvalue weighted by molar-refractivity contribution is -0.880. The number of rotatable bonds is 4. The van der Waals surface area contributed by atoms with Gasteiger partial charge < -0.3 is 16.9 Å². The van der Waals surface area contributed by atoms with Crippen molar-refractivity contribution in [1.82, 2.24) is 0 Å². The fourth-order valence-electron chi connectivity index (χ4n) is 3.06. The molecule has 0 aromatic heterocycles. The molecule has 1 saturated heterocycles. The van der Waals surface area contributed by atoms with Gasteiger partial charge in [-0.15, -0.1) is 0 Å². The number of quaternary nitrogens is 1. The first-order valence-electron chi connectivity index (χ1n) is 6.30. The van der Waals surface area contributed by atoms with Gasteiger partial charge in [0.05, 0.1) is 27.2 Å². The highest BCUT2D eigenvalue weighted by atomic mass is 35.5. The quantitative estimate of drug-likeness (QED) is 0.647. The van der Waals surface area contributed by atoms with E-state index >= 15 is 0 Å². The Bertz CT molecular complexity index is 180. The van der Waals surface area contributed by atoms with E-state index in [9.17, 15) is 0 Å². The molecule has 0 saturated carbocycles. The Kier molecular flexibility index (Phi) is 8.78. The Labute approximate surface area is 110 Å². The second-order valence-electron chi connectivity index (χ2n) is 5.98. The number of hydrogen-bond acceptors (Lipinski definition) is 0. The van der Waals surface area contributed by atoms with Crippen molar-refractivity contribution in [2.75, 3.05) is 27.2 Å². The van der Waals surface area contributed by atoms with E-state index in [2.05, 4.69) is 34.9 Å². The van der Waals surface area contributed by atoms with Crippen LogP contribution in [0.1, 0.15) is 47.5 Å². The smallest absolute Gasteiger partial charge is 0.0816 e. The summed E-state index contributed by atoms with van der Waals surface area (Å²) in [7, 11) is 4.78. The van der Waals surface area contributed by atoms with Crippen LogP contribution in [0.15, 0.2) is 0 Å². The molecule has 1 heterocycles. The molecule has 3 unspecified atom stereocenters. The minimum absolute atomic E-state index is 0. The lowest BCUT2D eigenvalue weighted by Gasteiger charge is -2.23. The normalized spacial score (nSPS) is 29.1. The van der Waals surface area contributed by atoms with Gasteiger partial charge in [0.1, 0.15) is 0 Å². The zero-order valence-electron chi connectivity index (χ0n) is 11.1. The van der Waals surface area contributed by atoms with Crippen LogP contribution in [0, 0.1) is 17.8 Å². The predicted octanol–water partition coefficient (Wildman–Crippen LogP) is 0.795. The first-order valence-corrected chi connectivity index (χ1v) is 6.30. The van der Waals surface area contributed by atoms with Crippen LogP contribution in [-0.4, -0.2) is 31.7 Å². The van der Waals surface area contributed by atoms with E-state index in [1.54, 1.807) is 0 Å². The summed E-state index contributed by atoms with van der Waals surface area (Å²) in [4.78, 5) is 0. The monoisotopic (exact) mass is 249 g/mol. The lowest BCUT2D eigenvalue weighted by Crippen LogP contribution is -3.00. The van der Waals surface area contributed by atoms with Crippen molar-refractivity contribution < 1.29 is 16.9 Å². The second kappa shape index (κ2) is 7.55. The molecule has 0 radical (unpaired) electrons. The topological polar surface area (TPSA) is 0 Å². The molecule has 1 fully saturated rings. The summed E-state index contributed by atoms with van der Waals surface area (Å²) in [6.07, 6.45) is 4.18. The van der Waals surface area contributed by atoms with Crippen LogP contribution in [0.2, 0.25) is 0 Å². The van der Waals surface area contributed by atoms with Gasteiger partial charge in [0.25, 0.3) is 0 Å². The average Bonchev–Trinajstić information content (AvgIpc) is 2.40. The molecular formula is C14H32ClN. The lowest BCUT2D eigenvalue weighted by atomic mass is 9.85. The number of hydrogen-bond donors (Lipinski definition) is 0. The summed E-state index contributed by atoms with van der Waals surface area (Å²) in [6, 6.07) is 0. The summed E-state index contributed by atoms with van der Waals surface area (Å²) >= 11 is 0. The van der Waals surface area contributed by atoms with Crippen molar-refractivity contribution in [3.63, 3.8) is 0 Å². The molecule has 3 atom stereocenters. The number of halogens is 1. The van der Waals surface area contributed by atoms with Crippen LogP contribution in [0.25, 0.3) is 0 Å². The molecule has 0 aliphatic carbocycles. The molecule has 0 N–H and O–H groups in total. The Balaban J connectivity index is 0. The van der Waals surface area contributed by atoms with Crippen molar-refractivity contribution in [1.29, 1.82) is 0 Å². The molecular weight excluding hydrogens is 218 g/mol. The fourth-order valence-corrected chi connectivity index (χ4v) is 3.06. The van der Waals surface area contributed by atoms with Crippen molar-refractivity contribution in [3.8, 4) is 0 Å². The predicted molar refractivity (Wildman–Crippen MR) is 69.9 cm³/mol. The van der Waals surface area contributed by atoms with Crippen LogP contribution in [0.3, 0.4) is 0 Å². The molecule has 1 nitrogen and oxygen atoms in total. The van der Waals surface area contributed by atoms with Gasteiger partial charge in [-0.05, 0) is 18.8 Å². The van der Waals surface area contributed by atoms with E-state index < -0.39 is 0 Å². The third-order valence-electron chi connectivity index (χ3n) is 4.05. The molecule has 2 heteroatoms. The van der Waals surface area contributed by atoms with Gasteiger partial charge in [-0.25, -0.2) is 0 Å². The zero-order chi connectivity index (χ0) is 10.8. The molecule has 1 aliphatic rings. The molecule has 100 valence electrons. The maximum Gasteiger partial charge on any atom is 0.0816 e. The van der Waals surface area contributed by atoms with Crippen molar-refractivity contribution in [2.24, 2.45) is 17.8 Å². The largest absolute Gasteiger partial charge is 1.00 e. The molecule has 16 heavy (non-hydrogen) atoms. The van der Waals surface area contributed by atoms with Crippen LogP contribution < -0.4 is 12.4 Å². The van der Waals surface area contributed by atoms with Crippen LogP contribution in [0.4, 0.5) is 0 Å². The third-order valence-corrected chi connectivity index (χ3v) is 4.05. The molecule has 1 rings (SSSR count). The van der Waals surface area contributed by atoms with Crippen LogP contribution >= 0.6 is 0 Å². The third kappa shape index (κ3) is 5.05. The molecule has 0 aromatic carbocycles. The number of nitrogens with zero attached hydrogens (tertiary/aromatic N) is 1. The van der Waals surface area contributed by atoms with Gasteiger partial charge in [-0.2, -0.15) is 0 Å². The van der Waals surface area contributed by atoms with Crippen molar-refractivity contribution >= 4 is 0 Å². The SMILES string of the molecule is C.CCC(C)CC1C[N+](C)(C)CC1CC.[Cl-]. The first-order chi connectivity index (χ1) is 6.48. The Morgan fingerprint density at radius 1 is 1.12 bits per heavy atom. The van der Waals surface area contributed by atoms with Gasteiger partial charge in [-0.1, -0.05) is 34.6 Å². The van der Waals surface area contributed by atoms with E-state index in [1.165, 1.54) is 36.8 Å². The Hall–Kier alpha value is 0.250. The molecule has 1 aliphatic heterocycles. The number of likely N-dealkylation sites (tertiary alicyclic amines) is 1. The molecule has 0 amide bonds. The van der Waals surface area contributed by atoms with E-state index in [1.807, 2.05) is 0 Å². The standard InChI is InChI=1S/C13H28N.CH4.ClH/c1-6-11(3)8-13-10-14(4,5)9-12(13)7-2;;/h11-13H,6-10H2,1-5H3;1H4;1H/q+1;;/p-1. The molecule has 0 spiro atoms. The van der Waals surface area contributed by atoms with E-state index in [0.717, 1.165) is 17.8 Å². The van der Waals surface area contributed by atoms with Crippen LogP contribution in [0.5, 0.6) is 0 Å². The van der Waals surface area contributed by atoms with E-state index in [-0.39, 0.29) is 19.8 Å². The van der Waals surface area contributed by atoms with E-state index in [4.69, 9.17) is 0 Å². The summed E-state index contributed by atoms with van der Waals surface area (Å²) in [5.41, 5.74) is 0. The minimum atomic E-state index is 0. The van der Waals surface area contributed by atoms with Gasteiger partial charge in [0, 0.05) is 11.8 Å². The fraction of sp³-hybridized carbons (Fsp3) is 1.00. The Morgan fingerprint density at radius 3 is 2.06 bits per heavy atom. The molecule has 0 aromatic rings. The average molecular weight is 250 g/mol. The minimum Gasteiger partial charge on any atom is -1.00 e. The molecule has 0 bridgehead atoms. The summed E-state index contributed by atoms with van der Waals surface area (Å²) in [5.74, 6) is 2.90. The van der Waals surface area contributed by atoms with E-state index in [0.29, 0.717) is 0 Å². The van der Waals surface area contributed by atoms with Gasteiger partial charge >= 0.3 is 0 Å². The maximum absolute atomic E-state index is 2.41. The highest BCUT2D eigenvalue weighted by Crippen LogP contribution is 2.34. The Morgan fingerprint density at radius 2 is 1.62 bits per heavy atom.